The van der Waals surface area contributed by atoms with Gasteiger partial charge in [0.1, 0.15) is 5.00 Å². The molecule has 0 aliphatic heterocycles. The van der Waals surface area contributed by atoms with Crippen molar-refractivity contribution >= 4 is 50.5 Å². The van der Waals surface area contributed by atoms with E-state index < -0.39 is 5.97 Å². The standard InChI is InChI=1S/C25H22N2O3S2/c1-14-11-12-21(31-14)19-13-17(15-7-3-5-9-18(15)26-19)23(28)27-24-22(25(29)30-2)16-8-4-6-10-20(16)32-24/h3,5,7,9,11-13H,4,6,8,10H2,1-2H3,(H,27,28). The van der Waals surface area contributed by atoms with Crippen LogP contribution in [0.3, 0.4) is 0 Å². The SMILES string of the molecule is COC(=O)c1c(NC(=O)c2cc(-c3ccc(C)s3)nc3ccccc23)sc2c1CCCC2. The molecule has 7 heteroatoms. The summed E-state index contributed by atoms with van der Waals surface area (Å²) in [7, 11) is 1.38. The summed E-state index contributed by atoms with van der Waals surface area (Å²) in [5.74, 6) is -0.643. The van der Waals surface area contributed by atoms with Crippen molar-refractivity contribution in [3.8, 4) is 10.6 Å². The molecule has 0 fully saturated rings. The zero-order valence-electron chi connectivity index (χ0n) is 17.9. The number of methoxy groups -OCH3 is 1. The largest absolute Gasteiger partial charge is 0.465 e. The maximum atomic E-state index is 13.5. The first-order valence-electron chi connectivity index (χ1n) is 10.6. The van der Waals surface area contributed by atoms with Gasteiger partial charge in [-0.15, -0.1) is 22.7 Å². The Bertz CT molecular complexity index is 1350. The van der Waals surface area contributed by atoms with Crippen LogP contribution in [0.2, 0.25) is 0 Å². The number of thiophene rings is 2. The van der Waals surface area contributed by atoms with Crippen LogP contribution < -0.4 is 5.32 Å². The number of ether oxygens (including phenoxy) is 1. The molecule has 1 N–H and O–H groups in total. The minimum atomic E-state index is -0.394. The molecule has 0 spiro atoms. The molecule has 0 unspecified atom stereocenters. The number of anilines is 1. The summed E-state index contributed by atoms with van der Waals surface area (Å²) >= 11 is 3.14. The van der Waals surface area contributed by atoms with Crippen molar-refractivity contribution in [2.45, 2.75) is 32.6 Å². The van der Waals surface area contributed by atoms with Gasteiger partial charge in [-0.3, -0.25) is 4.79 Å². The first kappa shape index (κ1) is 20.8. The van der Waals surface area contributed by atoms with Crippen molar-refractivity contribution in [3.63, 3.8) is 0 Å². The van der Waals surface area contributed by atoms with Crippen molar-refractivity contribution in [1.82, 2.24) is 4.98 Å². The van der Waals surface area contributed by atoms with Crippen LogP contribution in [0.15, 0.2) is 42.5 Å². The molecule has 162 valence electrons. The van der Waals surface area contributed by atoms with Crippen LogP contribution in [0.5, 0.6) is 0 Å². The van der Waals surface area contributed by atoms with Crippen LogP contribution in [0.4, 0.5) is 5.00 Å². The van der Waals surface area contributed by atoms with Gasteiger partial charge in [-0.25, -0.2) is 9.78 Å². The highest BCUT2D eigenvalue weighted by Crippen LogP contribution is 2.39. The summed E-state index contributed by atoms with van der Waals surface area (Å²) in [5, 5.41) is 4.38. The Morgan fingerprint density at radius 1 is 1.06 bits per heavy atom. The predicted molar refractivity (Wildman–Crippen MR) is 130 cm³/mol. The number of nitrogens with one attached hydrogen (secondary N) is 1. The van der Waals surface area contributed by atoms with Gasteiger partial charge in [-0.1, -0.05) is 18.2 Å². The number of hydrogen-bond donors (Lipinski definition) is 1. The van der Waals surface area contributed by atoms with Gasteiger partial charge in [0.15, 0.2) is 0 Å². The first-order chi connectivity index (χ1) is 15.5. The number of nitrogens with zero attached hydrogens (tertiary/aromatic N) is 1. The lowest BCUT2D eigenvalue weighted by atomic mass is 9.95. The molecule has 1 aromatic carbocycles. The number of para-hydroxylation sites is 1. The van der Waals surface area contributed by atoms with Crippen LogP contribution in [-0.2, 0) is 17.6 Å². The van der Waals surface area contributed by atoms with E-state index >= 15 is 0 Å². The average Bonchev–Trinajstić information content (AvgIpc) is 3.41. The number of amides is 1. The normalized spacial score (nSPS) is 13.1. The average molecular weight is 463 g/mol. The number of aryl methyl sites for hydroxylation is 2. The molecule has 1 aliphatic rings. The Hall–Kier alpha value is -3.03. The van der Waals surface area contributed by atoms with Crippen molar-refractivity contribution in [3.05, 3.63) is 68.9 Å². The summed E-state index contributed by atoms with van der Waals surface area (Å²) in [6.45, 7) is 2.05. The molecule has 0 saturated heterocycles. The molecule has 5 nitrogen and oxygen atoms in total. The molecule has 0 bridgehead atoms. The van der Waals surface area contributed by atoms with E-state index in [9.17, 15) is 9.59 Å². The van der Waals surface area contributed by atoms with Crippen molar-refractivity contribution in [2.75, 3.05) is 12.4 Å². The second kappa shape index (κ2) is 8.48. The van der Waals surface area contributed by atoms with E-state index in [0.717, 1.165) is 52.7 Å². The zero-order valence-corrected chi connectivity index (χ0v) is 19.5. The number of esters is 1. The Morgan fingerprint density at radius 3 is 2.66 bits per heavy atom. The Labute approximate surface area is 194 Å². The number of fused-ring (bicyclic) bond motifs is 2. The van der Waals surface area contributed by atoms with Crippen LogP contribution >= 0.6 is 22.7 Å². The van der Waals surface area contributed by atoms with E-state index in [4.69, 9.17) is 9.72 Å². The van der Waals surface area contributed by atoms with Crippen LogP contribution in [0.1, 0.15) is 48.9 Å². The topological polar surface area (TPSA) is 68.3 Å². The third-order valence-corrected chi connectivity index (χ3v) is 7.97. The lowest BCUT2D eigenvalue weighted by Gasteiger charge is -2.12. The van der Waals surface area contributed by atoms with Gasteiger partial charge in [-0.05, 0) is 62.4 Å². The van der Waals surface area contributed by atoms with Gasteiger partial charge < -0.3 is 10.1 Å². The van der Waals surface area contributed by atoms with E-state index in [1.807, 2.05) is 36.4 Å². The minimum absolute atomic E-state index is 0.248. The Balaban J connectivity index is 1.59. The maximum absolute atomic E-state index is 13.5. The first-order valence-corrected chi connectivity index (χ1v) is 12.2. The van der Waals surface area contributed by atoms with E-state index in [-0.39, 0.29) is 5.91 Å². The summed E-state index contributed by atoms with van der Waals surface area (Å²) in [6, 6.07) is 13.6. The molecule has 3 aromatic heterocycles. The highest BCUT2D eigenvalue weighted by Gasteiger charge is 2.27. The molecule has 1 aliphatic carbocycles. The second-order valence-electron chi connectivity index (χ2n) is 7.84. The van der Waals surface area contributed by atoms with Crippen molar-refractivity contribution < 1.29 is 14.3 Å². The number of aromatic nitrogens is 1. The number of carbonyl (C=O) groups is 2. The summed E-state index contributed by atoms with van der Waals surface area (Å²) in [6.07, 6.45) is 3.91. The third-order valence-electron chi connectivity index (χ3n) is 5.74. The van der Waals surface area contributed by atoms with Gasteiger partial charge in [0.2, 0.25) is 0 Å². The van der Waals surface area contributed by atoms with Gasteiger partial charge in [0.05, 0.1) is 34.3 Å². The molecule has 0 radical (unpaired) electrons. The van der Waals surface area contributed by atoms with Crippen molar-refractivity contribution in [2.24, 2.45) is 0 Å². The predicted octanol–water partition coefficient (Wildman–Crippen LogP) is 6.25. The molecule has 32 heavy (non-hydrogen) atoms. The van der Waals surface area contributed by atoms with E-state index in [1.165, 1.54) is 28.2 Å². The van der Waals surface area contributed by atoms with Gasteiger partial charge >= 0.3 is 5.97 Å². The van der Waals surface area contributed by atoms with Crippen LogP contribution in [-0.4, -0.2) is 24.0 Å². The summed E-state index contributed by atoms with van der Waals surface area (Å²) < 4.78 is 5.05. The molecule has 0 atom stereocenters. The Kier molecular flexibility index (Phi) is 5.53. The van der Waals surface area contributed by atoms with Gasteiger partial charge in [0, 0.05) is 15.1 Å². The fraction of sp³-hybridized carbons (Fsp3) is 0.240. The van der Waals surface area contributed by atoms with Crippen molar-refractivity contribution in [1.29, 1.82) is 0 Å². The number of benzene rings is 1. The smallest absolute Gasteiger partial charge is 0.341 e. The lowest BCUT2D eigenvalue weighted by Crippen LogP contribution is -2.15. The van der Waals surface area contributed by atoms with E-state index in [1.54, 1.807) is 11.3 Å². The van der Waals surface area contributed by atoms with Gasteiger partial charge in [0.25, 0.3) is 5.91 Å². The van der Waals surface area contributed by atoms with Gasteiger partial charge in [-0.2, -0.15) is 0 Å². The van der Waals surface area contributed by atoms with Crippen LogP contribution in [0.25, 0.3) is 21.5 Å². The minimum Gasteiger partial charge on any atom is -0.465 e. The number of rotatable bonds is 4. The second-order valence-corrected chi connectivity index (χ2v) is 10.2. The van der Waals surface area contributed by atoms with E-state index in [0.29, 0.717) is 16.1 Å². The molecule has 1 amide bonds. The number of hydrogen-bond acceptors (Lipinski definition) is 6. The van der Waals surface area contributed by atoms with Crippen LogP contribution in [0, 0.1) is 6.92 Å². The molecule has 5 rings (SSSR count). The number of pyridine rings is 1. The number of carbonyl (C=O) groups excluding carboxylic acids is 2. The fourth-order valence-electron chi connectivity index (χ4n) is 4.20. The highest BCUT2D eigenvalue weighted by molar-refractivity contribution is 7.17. The molecule has 0 saturated carbocycles. The Morgan fingerprint density at radius 2 is 1.88 bits per heavy atom. The molecule has 3 heterocycles. The summed E-state index contributed by atoms with van der Waals surface area (Å²) in [4.78, 5) is 34.2. The summed E-state index contributed by atoms with van der Waals surface area (Å²) in [5.41, 5.74) is 3.61. The molecular weight excluding hydrogens is 440 g/mol. The zero-order chi connectivity index (χ0) is 22.2. The van der Waals surface area contributed by atoms with E-state index in [2.05, 4.69) is 18.3 Å². The molecular formula is C25H22N2O3S2. The fourth-order valence-corrected chi connectivity index (χ4v) is 6.30. The molecule has 4 aromatic rings. The lowest BCUT2D eigenvalue weighted by molar-refractivity contribution is 0.0601. The third kappa shape index (κ3) is 3.72. The maximum Gasteiger partial charge on any atom is 0.341 e. The quantitative estimate of drug-likeness (QED) is 0.364. The monoisotopic (exact) mass is 462 g/mol. The highest BCUT2D eigenvalue weighted by atomic mass is 32.1.